The van der Waals surface area contributed by atoms with Crippen molar-refractivity contribution in [3.63, 3.8) is 0 Å². The molecule has 1 amide bonds. The minimum Gasteiger partial charge on any atom is -0.463 e. The molecule has 0 aromatic carbocycles. The van der Waals surface area contributed by atoms with Crippen LogP contribution < -0.4 is 5.32 Å². The maximum Gasteiger partial charge on any atom is 0.472 e. The number of esters is 1. The van der Waals surface area contributed by atoms with Crippen LogP contribution in [0.5, 0.6) is 0 Å². The molecule has 40 heavy (non-hydrogen) atoms. The summed E-state index contributed by atoms with van der Waals surface area (Å²) in [6, 6.07) is 0. The number of phosphoric ester groups is 1. The molecule has 230 valence electrons. The first kappa shape index (κ1) is 38.0. The second-order valence-corrected chi connectivity index (χ2v) is 10.8. The fourth-order valence-corrected chi connectivity index (χ4v) is 4.03. The standard InChI is InChI=1S/C30H52NO8P/c1-3-5-6-7-8-9-10-11-12-13-14-15-16-17-18-19-20-21-22-23-30(34)37-26-28(32)27-39-40(35,36)38-25-24-31-29(33)4-2/h8-9,11-12,14-15,17-18,28,32H,3-7,10,13,16,19-27H2,1-2H3,(H,31,33)(H,35,36)/b9-8-,12-11-,15-14-,18-17-. The zero-order valence-electron chi connectivity index (χ0n) is 24.5. The van der Waals surface area contributed by atoms with Gasteiger partial charge in [-0.15, -0.1) is 0 Å². The van der Waals surface area contributed by atoms with E-state index < -0.39 is 26.5 Å². The van der Waals surface area contributed by atoms with E-state index in [1.54, 1.807) is 6.92 Å². The van der Waals surface area contributed by atoms with Gasteiger partial charge in [-0.1, -0.05) is 81.7 Å². The van der Waals surface area contributed by atoms with Crippen molar-refractivity contribution in [2.24, 2.45) is 0 Å². The van der Waals surface area contributed by atoms with Crippen LogP contribution >= 0.6 is 7.82 Å². The fourth-order valence-electron chi connectivity index (χ4n) is 3.27. The average Bonchev–Trinajstić information content (AvgIpc) is 2.94. The summed E-state index contributed by atoms with van der Waals surface area (Å²) in [5.41, 5.74) is 0. The highest BCUT2D eigenvalue weighted by atomic mass is 31.2. The number of phosphoric acid groups is 1. The molecule has 9 nitrogen and oxygen atoms in total. The zero-order valence-corrected chi connectivity index (χ0v) is 25.4. The van der Waals surface area contributed by atoms with Crippen molar-refractivity contribution in [1.82, 2.24) is 5.32 Å². The fraction of sp³-hybridized carbons (Fsp3) is 0.667. The molecule has 3 N–H and O–H groups in total. The van der Waals surface area contributed by atoms with E-state index in [9.17, 15) is 24.2 Å². The SMILES string of the molecule is CCCCC/C=C\C/C=C\C/C=C\C/C=C\CCCCCC(=O)OCC(O)COP(=O)(O)OCCNC(=O)CC. The maximum atomic E-state index is 11.8. The van der Waals surface area contributed by atoms with Crippen LogP contribution in [-0.2, 0) is 27.9 Å². The number of amides is 1. The highest BCUT2D eigenvalue weighted by molar-refractivity contribution is 7.47. The van der Waals surface area contributed by atoms with E-state index in [0.717, 1.165) is 38.5 Å². The Morgan fingerprint density at radius 1 is 0.800 bits per heavy atom. The van der Waals surface area contributed by atoms with Crippen LogP contribution in [0.1, 0.15) is 97.3 Å². The number of hydrogen-bond acceptors (Lipinski definition) is 7. The van der Waals surface area contributed by atoms with Gasteiger partial charge in [0.2, 0.25) is 5.91 Å². The molecule has 0 radical (unpaired) electrons. The molecule has 0 bridgehead atoms. The Hall–Kier alpha value is -2.03. The molecule has 2 unspecified atom stereocenters. The summed E-state index contributed by atoms with van der Waals surface area (Å²) in [7, 11) is -4.38. The first-order valence-corrected chi connectivity index (χ1v) is 16.1. The van der Waals surface area contributed by atoms with Crippen molar-refractivity contribution in [2.75, 3.05) is 26.4 Å². The maximum absolute atomic E-state index is 11.8. The topological polar surface area (TPSA) is 131 Å². The van der Waals surface area contributed by atoms with E-state index in [1.807, 2.05) is 0 Å². The third kappa shape index (κ3) is 27.5. The Morgan fingerprint density at radius 2 is 1.38 bits per heavy atom. The van der Waals surface area contributed by atoms with Gasteiger partial charge >= 0.3 is 13.8 Å². The molecule has 0 aromatic heterocycles. The minimum absolute atomic E-state index is 0.0598. The predicted molar refractivity (Wildman–Crippen MR) is 160 cm³/mol. The van der Waals surface area contributed by atoms with E-state index in [1.165, 1.54) is 25.7 Å². The smallest absolute Gasteiger partial charge is 0.463 e. The van der Waals surface area contributed by atoms with E-state index in [-0.39, 0.29) is 32.1 Å². The quantitative estimate of drug-likeness (QED) is 0.0455. The molecule has 0 aliphatic heterocycles. The number of ether oxygens (including phenoxy) is 1. The molecule has 0 aromatic rings. The number of hydrogen-bond donors (Lipinski definition) is 3. The molecule has 0 heterocycles. The van der Waals surface area contributed by atoms with E-state index >= 15 is 0 Å². The molecular weight excluding hydrogens is 533 g/mol. The van der Waals surface area contributed by atoms with Gasteiger partial charge in [0.1, 0.15) is 12.7 Å². The lowest BCUT2D eigenvalue weighted by Gasteiger charge is -2.15. The van der Waals surface area contributed by atoms with Crippen molar-refractivity contribution in [1.29, 1.82) is 0 Å². The lowest BCUT2D eigenvalue weighted by molar-refractivity contribution is -0.147. The number of allylic oxidation sites excluding steroid dienone is 8. The van der Waals surface area contributed by atoms with E-state index in [0.29, 0.717) is 12.8 Å². The summed E-state index contributed by atoms with van der Waals surface area (Å²) in [5, 5.41) is 12.3. The molecule has 0 saturated carbocycles. The normalized spacial score (nSPS) is 14.4. The second-order valence-electron chi connectivity index (χ2n) is 9.33. The summed E-state index contributed by atoms with van der Waals surface area (Å²) < 4.78 is 26.1. The summed E-state index contributed by atoms with van der Waals surface area (Å²) in [5.74, 6) is -0.645. The number of carbonyl (C=O) groups excluding carboxylic acids is 2. The summed E-state index contributed by atoms with van der Waals surface area (Å²) in [6.07, 6.45) is 28.3. The van der Waals surface area contributed by atoms with Gasteiger partial charge in [0, 0.05) is 19.4 Å². The molecule has 0 spiro atoms. The summed E-state index contributed by atoms with van der Waals surface area (Å²) in [6.45, 7) is 2.88. The summed E-state index contributed by atoms with van der Waals surface area (Å²) >= 11 is 0. The highest BCUT2D eigenvalue weighted by Gasteiger charge is 2.23. The van der Waals surface area contributed by atoms with Crippen molar-refractivity contribution >= 4 is 19.7 Å². The van der Waals surface area contributed by atoms with Crippen molar-refractivity contribution < 1.29 is 37.9 Å². The van der Waals surface area contributed by atoms with Crippen LogP contribution in [0.15, 0.2) is 48.6 Å². The van der Waals surface area contributed by atoms with Gasteiger partial charge in [0.15, 0.2) is 0 Å². The van der Waals surface area contributed by atoms with E-state index in [2.05, 4.69) is 65.4 Å². The van der Waals surface area contributed by atoms with Crippen LogP contribution in [0.4, 0.5) is 0 Å². The third-order valence-corrected chi connectivity index (χ3v) is 6.56. The molecule has 0 saturated heterocycles. The van der Waals surface area contributed by atoms with Crippen LogP contribution in [0.2, 0.25) is 0 Å². The summed E-state index contributed by atoms with van der Waals surface area (Å²) in [4.78, 5) is 32.5. The van der Waals surface area contributed by atoms with Gasteiger partial charge in [-0.25, -0.2) is 4.57 Å². The largest absolute Gasteiger partial charge is 0.472 e. The van der Waals surface area contributed by atoms with E-state index in [4.69, 9.17) is 9.26 Å². The third-order valence-electron chi connectivity index (χ3n) is 5.58. The number of aliphatic hydroxyl groups is 1. The van der Waals surface area contributed by atoms with Crippen molar-refractivity contribution in [2.45, 2.75) is 103 Å². The van der Waals surface area contributed by atoms with Gasteiger partial charge in [0.05, 0.1) is 13.2 Å². The van der Waals surface area contributed by atoms with Crippen molar-refractivity contribution in [3.05, 3.63) is 48.6 Å². The van der Waals surface area contributed by atoms with Gasteiger partial charge in [-0.05, 0) is 51.4 Å². The first-order chi connectivity index (χ1) is 19.3. The molecule has 0 fully saturated rings. The molecule has 0 rings (SSSR count). The number of carbonyl (C=O) groups is 2. The van der Waals surface area contributed by atoms with Crippen LogP contribution in [0.3, 0.4) is 0 Å². The lowest BCUT2D eigenvalue weighted by atomic mass is 10.1. The number of unbranched alkanes of at least 4 members (excludes halogenated alkanes) is 6. The molecule has 2 atom stereocenters. The lowest BCUT2D eigenvalue weighted by Crippen LogP contribution is -2.26. The monoisotopic (exact) mass is 585 g/mol. The molecule has 0 aliphatic rings. The van der Waals surface area contributed by atoms with Gasteiger partial charge in [0.25, 0.3) is 0 Å². The predicted octanol–water partition coefficient (Wildman–Crippen LogP) is 6.48. The van der Waals surface area contributed by atoms with Crippen LogP contribution in [0.25, 0.3) is 0 Å². The van der Waals surface area contributed by atoms with Crippen LogP contribution in [0, 0.1) is 0 Å². The van der Waals surface area contributed by atoms with Crippen molar-refractivity contribution in [3.8, 4) is 0 Å². The van der Waals surface area contributed by atoms with Gasteiger partial charge in [-0.2, -0.15) is 0 Å². The Kier molecular flexibility index (Phi) is 25.8. The molecule has 0 aliphatic carbocycles. The zero-order chi connectivity index (χ0) is 29.7. The molecular formula is C30H52NO8P. The van der Waals surface area contributed by atoms with Gasteiger partial charge in [-0.3, -0.25) is 18.6 Å². The highest BCUT2D eigenvalue weighted by Crippen LogP contribution is 2.42. The Morgan fingerprint density at radius 3 is 1.95 bits per heavy atom. The number of aliphatic hydroxyl groups excluding tert-OH is 1. The Labute approximate surface area is 241 Å². The van der Waals surface area contributed by atoms with Gasteiger partial charge < -0.3 is 20.1 Å². The first-order valence-electron chi connectivity index (χ1n) is 14.6. The number of nitrogens with one attached hydrogen (secondary N) is 1. The average molecular weight is 586 g/mol. The van der Waals surface area contributed by atoms with Crippen LogP contribution in [-0.4, -0.2) is 54.3 Å². The Balaban J connectivity index is 3.68. The molecule has 10 heteroatoms. The minimum atomic E-state index is -4.38. The Bertz CT molecular complexity index is 810. The number of rotatable bonds is 26. The second kappa shape index (κ2) is 27.2.